The molecular weight excluding hydrogens is 333 g/mol. The number of nitrogens with one attached hydrogen (secondary N) is 3. The first-order valence-electron chi connectivity index (χ1n) is 8.69. The van der Waals surface area contributed by atoms with Crippen molar-refractivity contribution in [3.63, 3.8) is 0 Å². The molecule has 26 heavy (non-hydrogen) atoms. The van der Waals surface area contributed by atoms with Crippen molar-refractivity contribution in [1.29, 1.82) is 0 Å². The molecule has 2 amide bonds. The maximum absolute atomic E-state index is 13.8. The van der Waals surface area contributed by atoms with Crippen LogP contribution in [0.1, 0.15) is 39.6 Å². The molecule has 0 fully saturated rings. The summed E-state index contributed by atoms with van der Waals surface area (Å²) >= 11 is 0. The van der Waals surface area contributed by atoms with Gasteiger partial charge in [0.15, 0.2) is 0 Å². The third-order valence-electron chi connectivity index (χ3n) is 3.89. The van der Waals surface area contributed by atoms with Crippen LogP contribution in [0.3, 0.4) is 0 Å². The van der Waals surface area contributed by atoms with Gasteiger partial charge in [0.05, 0.1) is 16.8 Å². The zero-order valence-electron chi connectivity index (χ0n) is 15.1. The Morgan fingerprint density at radius 3 is 2.38 bits per heavy atom. The lowest BCUT2D eigenvalue weighted by Gasteiger charge is -2.14. The van der Waals surface area contributed by atoms with E-state index in [1.807, 2.05) is 0 Å². The second-order valence-electron chi connectivity index (χ2n) is 5.94. The van der Waals surface area contributed by atoms with Gasteiger partial charge in [-0.3, -0.25) is 9.59 Å². The zero-order valence-corrected chi connectivity index (χ0v) is 15.1. The number of hydrogen-bond acceptors (Lipinski definition) is 3. The Kier molecular flexibility index (Phi) is 7.29. The lowest BCUT2D eigenvalue weighted by molar-refractivity contribution is 0.0954. The third-order valence-corrected chi connectivity index (χ3v) is 3.89. The Morgan fingerprint density at radius 1 is 0.923 bits per heavy atom. The molecule has 0 aromatic heterocycles. The molecule has 0 aliphatic rings. The molecule has 2 aromatic rings. The van der Waals surface area contributed by atoms with E-state index in [9.17, 15) is 14.0 Å². The summed E-state index contributed by atoms with van der Waals surface area (Å²) in [5, 5.41) is 8.70. The lowest BCUT2D eigenvalue weighted by Crippen LogP contribution is -2.32. The SMILES string of the molecule is CCCNCCNC(=O)c1cccc(C)c1NC(=O)c1ccccc1F. The Balaban J connectivity index is 2.12. The number of rotatable bonds is 8. The molecule has 0 saturated carbocycles. The van der Waals surface area contributed by atoms with Gasteiger partial charge in [0.25, 0.3) is 11.8 Å². The summed E-state index contributed by atoms with van der Waals surface area (Å²) in [6, 6.07) is 10.9. The van der Waals surface area contributed by atoms with Crippen LogP contribution in [0.25, 0.3) is 0 Å². The molecule has 0 saturated heterocycles. The Morgan fingerprint density at radius 2 is 1.65 bits per heavy atom. The highest BCUT2D eigenvalue weighted by Crippen LogP contribution is 2.22. The van der Waals surface area contributed by atoms with Crippen LogP contribution in [-0.4, -0.2) is 31.4 Å². The van der Waals surface area contributed by atoms with Gasteiger partial charge in [0, 0.05) is 13.1 Å². The van der Waals surface area contributed by atoms with Crippen LogP contribution in [0.2, 0.25) is 0 Å². The molecule has 138 valence electrons. The standard InChI is InChI=1S/C20H24FN3O2/c1-3-11-22-12-13-23-19(25)16-9-6-7-14(2)18(16)24-20(26)15-8-4-5-10-17(15)21/h4-10,22H,3,11-13H2,1-2H3,(H,23,25)(H,24,26). The smallest absolute Gasteiger partial charge is 0.258 e. The molecule has 0 unspecified atom stereocenters. The minimum atomic E-state index is -0.605. The van der Waals surface area contributed by atoms with Gasteiger partial charge < -0.3 is 16.0 Å². The molecule has 0 aliphatic heterocycles. The van der Waals surface area contributed by atoms with Crippen molar-refractivity contribution in [2.75, 3.05) is 25.0 Å². The highest BCUT2D eigenvalue weighted by atomic mass is 19.1. The van der Waals surface area contributed by atoms with E-state index in [1.165, 1.54) is 18.2 Å². The van der Waals surface area contributed by atoms with Crippen LogP contribution in [-0.2, 0) is 0 Å². The molecule has 5 nitrogen and oxygen atoms in total. The second-order valence-corrected chi connectivity index (χ2v) is 5.94. The average Bonchev–Trinajstić information content (AvgIpc) is 2.63. The van der Waals surface area contributed by atoms with Gasteiger partial charge in [0.1, 0.15) is 5.82 Å². The minimum Gasteiger partial charge on any atom is -0.351 e. The summed E-state index contributed by atoms with van der Waals surface area (Å²) in [5.74, 6) is -1.47. The molecule has 3 N–H and O–H groups in total. The number of halogens is 1. The normalized spacial score (nSPS) is 10.4. The van der Waals surface area contributed by atoms with Crippen LogP contribution in [0, 0.1) is 12.7 Å². The van der Waals surface area contributed by atoms with E-state index in [-0.39, 0.29) is 11.5 Å². The predicted molar refractivity (Wildman–Crippen MR) is 101 cm³/mol. The summed E-state index contributed by atoms with van der Waals surface area (Å²) < 4.78 is 13.8. The van der Waals surface area contributed by atoms with Gasteiger partial charge in [-0.05, 0) is 43.7 Å². The number of carbonyl (C=O) groups excluding carboxylic acids is 2. The topological polar surface area (TPSA) is 70.2 Å². The summed E-state index contributed by atoms with van der Waals surface area (Å²) in [4.78, 5) is 24.9. The predicted octanol–water partition coefficient (Wildman–Crippen LogP) is 3.12. The van der Waals surface area contributed by atoms with Crippen molar-refractivity contribution in [2.24, 2.45) is 0 Å². The Hall–Kier alpha value is -2.73. The van der Waals surface area contributed by atoms with Crippen molar-refractivity contribution >= 4 is 17.5 Å². The van der Waals surface area contributed by atoms with Gasteiger partial charge in [-0.25, -0.2) is 4.39 Å². The number of carbonyl (C=O) groups is 2. The molecule has 0 bridgehead atoms. The van der Waals surface area contributed by atoms with Crippen molar-refractivity contribution in [3.05, 3.63) is 65.0 Å². The molecule has 0 heterocycles. The van der Waals surface area contributed by atoms with E-state index in [1.54, 1.807) is 31.2 Å². The van der Waals surface area contributed by atoms with Gasteiger partial charge in [-0.15, -0.1) is 0 Å². The monoisotopic (exact) mass is 357 g/mol. The van der Waals surface area contributed by atoms with Crippen LogP contribution in [0.15, 0.2) is 42.5 Å². The molecule has 0 spiro atoms. The van der Waals surface area contributed by atoms with Crippen LogP contribution in [0.5, 0.6) is 0 Å². The summed E-state index contributed by atoms with van der Waals surface area (Å²) in [5.41, 5.74) is 1.40. The van der Waals surface area contributed by atoms with Gasteiger partial charge in [-0.2, -0.15) is 0 Å². The molecule has 0 radical (unpaired) electrons. The van der Waals surface area contributed by atoms with E-state index < -0.39 is 11.7 Å². The first kappa shape index (κ1) is 19.6. The van der Waals surface area contributed by atoms with Gasteiger partial charge >= 0.3 is 0 Å². The quantitative estimate of drug-likeness (QED) is 0.636. The van der Waals surface area contributed by atoms with E-state index in [4.69, 9.17) is 0 Å². The van der Waals surface area contributed by atoms with Crippen molar-refractivity contribution in [2.45, 2.75) is 20.3 Å². The Bertz CT molecular complexity index is 777. The molecule has 0 atom stereocenters. The number of aryl methyl sites for hydroxylation is 1. The number of hydrogen-bond donors (Lipinski definition) is 3. The fraction of sp³-hybridized carbons (Fsp3) is 0.300. The first-order valence-corrected chi connectivity index (χ1v) is 8.69. The molecule has 2 rings (SSSR count). The van der Waals surface area contributed by atoms with Gasteiger partial charge in [-0.1, -0.05) is 31.2 Å². The Labute approximate surface area is 153 Å². The molecule has 2 aromatic carbocycles. The molecule has 0 aliphatic carbocycles. The fourth-order valence-electron chi connectivity index (χ4n) is 2.51. The minimum absolute atomic E-state index is 0.0640. The van der Waals surface area contributed by atoms with Crippen LogP contribution < -0.4 is 16.0 Å². The fourth-order valence-corrected chi connectivity index (χ4v) is 2.51. The maximum atomic E-state index is 13.8. The van der Waals surface area contributed by atoms with Crippen LogP contribution in [0.4, 0.5) is 10.1 Å². The van der Waals surface area contributed by atoms with Crippen molar-refractivity contribution in [1.82, 2.24) is 10.6 Å². The summed E-state index contributed by atoms with van der Waals surface area (Å²) in [7, 11) is 0. The van der Waals surface area contributed by atoms with Crippen molar-refractivity contribution in [3.8, 4) is 0 Å². The number of anilines is 1. The van der Waals surface area contributed by atoms with E-state index in [2.05, 4.69) is 22.9 Å². The van der Waals surface area contributed by atoms with E-state index in [0.29, 0.717) is 24.3 Å². The van der Waals surface area contributed by atoms with Crippen LogP contribution >= 0.6 is 0 Å². The lowest BCUT2D eigenvalue weighted by atomic mass is 10.1. The maximum Gasteiger partial charge on any atom is 0.258 e. The largest absolute Gasteiger partial charge is 0.351 e. The number of amides is 2. The number of benzene rings is 2. The summed E-state index contributed by atoms with van der Waals surface area (Å²) in [6.07, 6.45) is 1.03. The van der Waals surface area contributed by atoms with Gasteiger partial charge in [0.2, 0.25) is 0 Å². The highest BCUT2D eigenvalue weighted by Gasteiger charge is 2.17. The summed E-state index contributed by atoms with van der Waals surface area (Å²) in [6.45, 7) is 5.90. The molecular formula is C20H24FN3O2. The second kappa shape index (κ2) is 9.68. The van der Waals surface area contributed by atoms with E-state index >= 15 is 0 Å². The highest BCUT2D eigenvalue weighted by molar-refractivity contribution is 6.09. The number of para-hydroxylation sites is 1. The zero-order chi connectivity index (χ0) is 18.9. The third kappa shape index (κ3) is 5.13. The van der Waals surface area contributed by atoms with E-state index in [0.717, 1.165) is 18.5 Å². The average molecular weight is 357 g/mol. The first-order chi connectivity index (χ1) is 12.5. The molecule has 6 heteroatoms. The van der Waals surface area contributed by atoms with Crippen molar-refractivity contribution < 1.29 is 14.0 Å².